The Kier molecular flexibility index (Phi) is 3.54. The van der Waals surface area contributed by atoms with Crippen molar-refractivity contribution in [1.82, 2.24) is 10.1 Å². The van der Waals surface area contributed by atoms with Crippen LogP contribution in [0.3, 0.4) is 0 Å². The molecule has 0 aliphatic carbocycles. The van der Waals surface area contributed by atoms with E-state index in [0.29, 0.717) is 19.5 Å². The van der Waals surface area contributed by atoms with Gasteiger partial charge in [0.1, 0.15) is 5.82 Å². The zero-order valence-electron chi connectivity index (χ0n) is 11.3. The number of hydrogen-bond donors (Lipinski definition) is 1. The van der Waals surface area contributed by atoms with Crippen molar-refractivity contribution in [2.24, 2.45) is 0 Å². The third-order valence-electron chi connectivity index (χ3n) is 3.65. The van der Waals surface area contributed by atoms with Crippen LogP contribution in [0, 0.1) is 12.7 Å². The molecule has 106 valence electrons. The van der Waals surface area contributed by atoms with E-state index in [4.69, 9.17) is 4.52 Å². The molecule has 1 aromatic heterocycles. The van der Waals surface area contributed by atoms with Gasteiger partial charge in [0.05, 0.1) is 18.3 Å². The van der Waals surface area contributed by atoms with Crippen molar-refractivity contribution in [3.05, 3.63) is 53.2 Å². The van der Waals surface area contributed by atoms with Gasteiger partial charge in [-0.3, -0.25) is 4.90 Å². The summed E-state index contributed by atoms with van der Waals surface area (Å²) < 4.78 is 18.6. The van der Waals surface area contributed by atoms with Gasteiger partial charge in [0, 0.05) is 18.7 Å². The highest BCUT2D eigenvalue weighted by atomic mass is 19.1. The number of halogens is 1. The molecule has 0 saturated carbocycles. The molecule has 2 aromatic rings. The molecule has 0 bridgehead atoms. The first-order chi connectivity index (χ1) is 9.61. The first-order valence-corrected chi connectivity index (χ1v) is 6.71. The molecule has 0 radical (unpaired) electrons. The second kappa shape index (κ2) is 5.34. The Bertz CT molecular complexity index is 599. The molecule has 3 rings (SSSR count). The van der Waals surface area contributed by atoms with Crippen LogP contribution in [-0.4, -0.2) is 27.8 Å². The third kappa shape index (κ3) is 2.73. The molecule has 1 aromatic carbocycles. The topological polar surface area (TPSA) is 49.5 Å². The van der Waals surface area contributed by atoms with E-state index >= 15 is 0 Å². The number of aryl methyl sites for hydroxylation is 1. The fourth-order valence-corrected chi connectivity index (χ4v) is 2.81. The normalized spacial score (nSPS) is 23.4. The van der Waals surface area contributed by atoms with E-state index in [1.807, 2.05) is 19.1 Å². The number of nitrogens with zero attached hydrogens (tertiary/aromatic N) is 2. The van der Waals surface area contributed by atoms with Crippen molar-refractivity contribution in [1.29, 1.82) is 0 Å². The van der Waals surface area contributed by atoms with Gasteiger partial charge < -0.3 is 9.63 Å². The van der Waals surface area contributed by atoms with E-state index in [9.17, 15) is 9.50 Å². The van der Waals surface area contributed by atoms with Crippen LogP contribution in [0.4, 0.5) is 4.39 Å². The fraction of sp³-hybridized carbons (Fsp3) is 0.400. The summed E-state index contributed by atoms with van der Waals surface area (Å²) in [5.41, 5.74) is 1.72. The summed E-state index contributed by atoms with van der Waals surface area (Å²) in [4.78, 5) is 2.10. The Morgan fingerprint density at radius 3 is 3.00 bits per heavy atom. The van der Waals surface area contributed by atoms with Crippen LogP contribution in [0.2, 0.25) is 0 Å². The maximum atomic E-state index is 13.4. The van der Waals surface area contributed by atoms with Crippen LogP contribution >= 0.6 is 0 Å². The lowest BCUT2D eigenvalue weighted by Crippen LogP contribution is -2.24. The SMILES string of the molecule is Cc1cc(CN2C[C@@H](O)C[C@H]2c2cccc(F)c2)on1. The van der Waals surface area contributed by atoms with Crippen LogP contribution in [0.25, 0.3) is 0 Å². The van der Waals surface area contributed by atoms with Crippen LogP contribution in [-0.2, 0) is 6.54 Å². The zero-order chi connectivity index (χ0) is 14.1. The van der Waals surface area contributed by atoms with Crippen LogP contribution < -0.4 is 0 Å². The monoisotopic (exact) mass is 276 g/mol. The summed E-state index contributed by atoms with van der Waals surface area (Å²) >= 11 is 0. The largest absolute Gasteiger partial charge is 0.392 e. The molecule has 0 spiro atoms. The summed E-state index contributed by atoms with van der Waals surface area (Å²) in [6, 6.07) is 8.44. The molecular weight excluding hydrogens is 259 g/mol. The zero-order valence-corrected chi connectivity index (χ0v) is 11.3. The van der Waals surface area contributed by atoms with E-state index in [2.05, 4.69) is 10.1 Å². The molecule has 2 atom stereocenters. The van der Waals surface area contributed by atoms with E-state index in [1.165, 1.54) is 12.1 Å². The molecule has 1 aliphatic heterocycles. The average Bonchev–Trinajstić information content (AvgIpc) is 2.96. The molecule has 2 heterocycles. The standard InChI is InChI=1S/C15H17FN2O2/c1-10-5-14(20-17-10)9-18-8-13(19)7-15(18)11-3-2-4-12(16)6-11/h2-6,13,15,19H,7-9H2,1H3/t13-,15-/m0/s1. The maximum absolute atomic E-state index is 13.4. The van der Waals surface area contributed by atoms with Crippen molar-refractivity contribution >= 4 is 0 Å². The van der Waals surface area contributed by atoms with Gasteiger partial charge in [-0.25, -0.2) is 4.39 Å². The molecule has 0 unspecified atom stereocenters. The Labute approximate surface area is 116 Å². The predicted octanol–water partition coefficient (Wildman–Crippen LogP) is 2.43. The van der Waals surface area contributed by atoms with Gasteiger partial charge in [0.25, 0.3) is 0 Å². The second-order valence-corrected chi connectivity index (χ2v) is 5.32. The Morgan fingerprint density at radius 1 is 1.45 bits per heavy atom. The number of hydrogen-bond acceptors (Lipinski definition) is 4. The number of aliphatic hydroxyl groups is 1. The van der Waals surface area contributed by atoms with Crippen LogP contribution in [0.15, 0.2) is 34.9 Å². The number of β-amino-alcohol motifs (C(OH)–C–C–N with tert-alkyl or cyclic N) is 1. The number of aliphatic hydroxyl groups excluding tert-OH is 1. The Hall–Kier alpha value is -1.72. The maximum Gasteiger partial charge on any atom is 0.150 e. The summed E-state index contributed by atoms with van der Waals surface area (Å²) in [6.07, 6.45) is 0.212. The third-order valence-corrected chi connectivity index (χ3v) is 3.65. The van der Waals surface area contributed by atoms with Gasteiger partial charge in [0.2, 0.25) is 0 Å². The number of benzene rings is 1. The lowest BCUT2D eigenvalue weighted by Gasteiger charge is -2.23. The van der Waals surface area contributed by atoms with Crippen LogP contribution in [0.1, 0.15) is 29.5 Å². The minimum Gasteiger partial charge on any atom is -0.392 e. The van der Waals surface area contributed by atoms with Gasteiger partial charge in [-0.05, 0) is 31.0 Å². The Morgan fingerprint density at radius 2 is 2.30 bits per heavy atom. The smallest absolute Gasteiger partial charge is 0.150 e. The highest BCUT2D eigenvalue weighted by Crippen LogP contribution is 2.33. The molecule has 5 heteroatoms. The highest BCUT2D eigenvalue weighted by Gasteiger charge is 2.32. The minimum atomic E-state index is -0.396. The van der Waals surface area contributed by atoms with E-state index in [0.717, 1.165) is 17.0 Å². The van der Waals surface area contributed by atoms with Gasteiger partial charge in [-0.2, -0.15) is 0 Å². The average molecular weight is 276 g/mol. The molecule has 1 fully saturated rings. The molecule has 1 aliphatic rings. The molecule has 20 heavy (non-hydrogen) atoms. The van der Waals surface area contributed by atoms with E-state index < -0.39 is 6.10 Å². The van der Waals surface area contributed by atoms with Crippen molar-refractivity contribution < 1.29 is 14.0 Å². The van der Waals surface area contributed by atoms with Gasteiger partial charge in [0.15, 0.2) is 5.76 Å². The highest BCUT2D eigenvalue weighted by molar-refractivity contribution is 5.22. The Balaban J connectivity index is 1.81. The van der Waals surface area contributed by atoms with Gasteiger partial charge in [-0.15, -0.1) is 0 Å². The fourth-order valence-electron chi connectivity index (χ4n) is 2.81. The van der Waals surface area contributed by atoms with E-state index in [-0.39, 0.29) is 11.9 Å². The molecule has 4 nitrogen and oxygen atoms in total. The second-order valence-electron chi connectivity index (χ2n) is 5.32. The van der Waals surface area contributed by atoms with Crippen molar-refractivity contribution in [3.63, 3.8) is 0 Å². The number of likely N-dealkylation sites (tertiary alicyclic amines) is 1. The minimum absolute atomic E-state index is 0.00565. The quantitative estimate of drug-likeness (QED) is 0.935. The van der Waals surface area contributed by atoms with Crippen molar-refractivity contribution in [2.45, 2.75) is 32.0 Å². The molecular formula is C15H17FN2O2. The number of rotatable bonds is 3. The number of aromatic nitrogens is 1. The first-order valence-electron chi connectivity index (χ1n) is 6.71. The summed E-state index contributed by atoms with van der Waals surface area (Å²) in [5, 5.41) is 13.8. The summed E-state index contributed by atoms with van der Waals surface area (Å²) in [7, 11) is 0. The lowest BCUT2D eigenvalue weighted by atomic mass is 10.0. The summed E-state index contributed by atoms with van der Waals surface area (Å²) in [5.74, 6) is 0.511. The lowest BCUT2D eigenvalue weighted by molar-refractivity contribution is 0.166. The predicted molar refractivity (Wildman–Crippen MR) is 71.4 cm³/mol. The van der Waals surface area contributed by atoms with Crippen molar-refractivity contribution in [2.75, 3.05) is 6.54 Å². The van der Waals surface area contributed by atoms with Gasteiger partial charge in [-0.1, -0.05) is 17.3 Å². The van der Waals surface area contributed by atoms with Crippen molar-refractivity contribution in [3.8, 4) is 0 Å². The summed E-state index contributed by atoms with van der Waals surface area (Å²) in [6.45, 7) is 3.00. The molecule has 1 saturated heterocycles. The van der Waals surface area contributed by atoms with Gasteiger partial charge >= 0.3 is 0 Å². The molecule has 1 N–H and O–H groups in total. The first kappa shape index (κ1) is 13.3. The van der Waals surface area contributed by atoms with E-state index in [1.54, 1.807) is 6.07 Å². The van der Waals surface area contributed by atoms with Crippen LogP contribution in [0.5, 0.6) is 0 Å². The molecule has 0 amide bonds.